The molecule has 1 aliphatic rings. The number of aliphatic hydroxyl groups excluding tert-OH is 1. The summed E-state index contributed by atoms with van der Waals surface area (Å²) in [5, 5.41) is 10.8. The van der Waals surface area contributed by atoms with E-state index in [0.29, 0.717) is 0 Å². The smallest absolute Gasteiger partial charge is 0.119 e. The van der Waals surface area contributed by atoms with E-state index in [4.69, 9.17) is 4.74 Å². The van der Waals surface area contributed by atoms with E-state index in [9.17, 15) is 5.11 Å². The van der Waals surface area contributed by atoms with Crippen molar-refractivity contribution in [2.24, 2.45) is 0 Å². The van der Waals surface area contributed by atoms with Crippen LogP contribution in [0.3, 0.4) is 0 Å². The first-order chi connectivity index (χ1) is 10.2. The third-order valence-corrected chi connectivity index (χ3v) is 4.22. The van der Waals surface area contributed by atoms with Crippen molar-refractivity contribution < 1.29 is 9.84 Å². The van der Waals surface area contributed by atoms with Gasteiger partial charge in [-0.05, 0) is 54.2 Å². The van der Waals surface area contributed by atoms with Crippen molar-refractivity contribution in [1.82, 2.24) is 0 Å². The maximum Gasteiger partial charge on any atom is 0.119 e. The van der Waals surface area contributed by atoms with Crippen LogP contribution in [0.5, 0.6) is 5.75 Å². The number of benzene rings is 2. The molecule has 1 N–H and O–H groups in total. The van der Waals surface area contributed by atoms with Gasteiger partial charge in [-0.15, -0.1) is 0 Å². The monoisotopic (exact) mass is 280 g/mol. The molecule has 0 aliphatic heterocycles. The second-order valence-corrected chi connectivity index (χ2v) is 5.53. The van der Waals surface area contributed by atoms with E-state index in [-0.39, 0.29) is 0 Å². The predicted octanol–water partition coefficient (Wildman–Crippen LogP) is 4.15. The zero-order valence-electron chi connectivity index (χ0n) is 12.5. The lowest BCUT2D eigenvalue weighted by atomic mass is 9.82. The van der Waals surface area contributed by atoms with E-state index in [1.54, 1.807) is 7.11 Å². The molecule has 0 saturated carbocycles. The number of hydrogen-bond acceptors (Lipinski definition) is 2. The van der Waals surface area contributed by atoms with Crippen LogP contribution in [0.25, 0.3) is 5.57 Å². The molecule has 108 valence electrons. The zero-order valence-corrected chi connectivity index (χ0v) is 12.5. The minimum absolute atomic E-state index is 0.571. The van der Waals surface area contributed by atoms with Gasteiger partial charge in [-0.2, -0.15) is 0 Å². The maximum atomic E-state index is 10.8. The molecular weight excluding hydrogens is 260 g/mol. The van der Waals surface area contributed by atoms with Gasteiger partial charge in [0.05, 0.1) is 7.11 Å². The molecule has 2 heteroatoms. The number of fused-ring (bicyclic) bond motifs is 1. The van der Waals surface area contributed by atoms with Crippen molar-refractivity contribution in [1.29, 1.82) is 0 Å². The molecule has 0 fully saturated rings. The molecule has 1 aliphatic carbocycles. The van der Waals surface area contributed by atoms with Crippen LogP contribution in [0.2, 0.25) is 0 Å². The van der Waals surface area contributed by atoms with Crippen molar-refractivity contribution in [2.75, 3.05) is 7.11 Å². The third kappa shape index (κ3) is 2.59. The highest BCUT2D eigenvalue weighted by molar-refractivity contribution is 5.77. The summed E-state index contributed by atoms with van der Waals surface area (Å²) in [6, 6.07) is 16.0. The van der Waals surface area contributed by atoms with Crippen LogP contribution in [-0.4, -0.2) is 12.2 Å². The lowest BCUT2D eigenvalue weighted by Gasteiger charge is -2.26. The van der Waals surface area contributed by atoms with Crippen LogP contribution in [0, 0.1) is 0 Å². The Bertz CT molecular complexity index is 671. The highest BCUT2D eigenvalue weighted by Gasteiger charge is 2.23. The zero-order chi connectivity index (χ0) is 14.8. The molecule has 21 heavy (non-hydrogen) atoms. The van der Waals surface area contributed by atoms with Gasteiger partial charge in [-0.1, -0.05) is 42.0 Å². The standard InChI is InChI=1S/C19H20O2/c1-13-8-9-15-12-16(21-2)10-11-17(15)18(13)19(20)14-6-4-3-5-7-14/h3-7,10-12,19-20H,8-9H2,1-2H3. The largest absolute Gasteiger partial charge is 0.497 e. The van der Waals surface area contributed by atoms with E-state index in [1.807, 2.05) is 36.4 Å². The molecule has 2 nitrogen and oxygen atoms in total. The van der Waals surface area contributed by atoms with Gasteiger partial charge in [0.25, 0.3) is 0 Å². The van der Waals surface area contributed by atoms with Gasteiger partial charge in [0.15, 0.2) is 0 Å². The summed E-state index contributed by atoms with van der Waals surface area (Å²) < 4.78 is 5.31. The van der Waals surface area contributed by atoms with Gasteiger partial charge in [0, 0.05) is 0 Å². The molecular formula is C19H20O2. The fraction of sp³-hybridized carbons (Fsp3) is 0.263. The molecule has 0 radical (unpaired) electrons. The molecule has 3 rings (SSSR count). The molecule has 2 aromatic carbocycles. The first kappa shape index (κ1) is 13.9. The van der Waals surface area contributed by atoms with Crippen LogP contribution in [-0.2, 0) is 6.42 Å². The van der Waals surface area contributed by atoms with Gasteiger partial charge < -0.3 is 9.84 Å². The Morgan fingerprint density at radius 1 is 1.05 bits per heavy atom. The fourth-order valence-electron chi connectivity index (χ4n) is 3.04. The van der Waals surface area contributed by atoms with Crippen molar-refractivity contribution >= 4 is 5.57 Å². The summed E-state index contributed by atoms with van der Waals surface area (Å²) in [4.78, 5) is 0. The first-order valence-electron chi connectivity index (χ1n) is 7.30. The van der Waals surface area contributed by atoms with Crippen LogP contribution < -0.4 is 4.74 Å². The Kier molecular flexibility index (Phi) is 3.80. The van der Waals surface area contributed by atoms with Crippen LogP contribution in [0.15, 0.2) is 54.1 Å². The summed E-state index contributed by atoms with van der Waals surface area (Å²) in [6.45, 7) is 2.12. The summed E-state index contributed by atoms with van der Waals surface area (Å²) in [7, 11) is 1.69. The quantitative estimate of drug-likeness (QED) is 0.915. The number of aryl methyl sites for hydroxylation is 1. The molecule has 2 aromatic rings. The summed E-state index contributed by atoms with van der Waals surface area (Å²) in [5.74, 6) is 0.877. The number of hydrogen-bond donors (Lipinski definition) is 1. The molecule has 0 bridgehead atoms. The molecule has 0 aromatic heterocycles. The SMILES string of the molecule is COc1ccc2c(c1)CCC(C)=C2C(O)c1ccccc1. The van der Waals surface area contributed by atoms with Gasteiger partial charge in [0.1, 0.15) is 11.9 Å². The fourth-order valence-corrected chi connectivity index (χ4v) is 3.04. The Labute approximate surface area is 125 Å². The lowest BCUT2D eigenvalue weighted by Crippen LogP contribution is -2.10. The van der Waals surface area contributed by atoms with Gasteiger partial charge >= 0.3 is 0 Å². The minimum Gasteiger partial charge on any atom is -0.497 e. The number of rotatable bonds is 3. The second-order valence-electron chi connectivity index (χ2n) is 5.53. The van der Waals surface area contributed by atoms with E-state index in [0.717, 1.165) is 35.3 Å². The van der Waals surface area contributed by atoms with E-state index >= 15 is 0 Å². The van der Waals surface area contributed by atoms with Crippen LogP contribution >= 0.6 is 0 Å². The Morgan fingerprint density at radius 2 is 1.81 bits per heavy atom. The third-order valence-electron chi connectivity index (χ3n) is 4.22. The van der Waals surface area contributed by atoms with Gasteiger partial charge in [0.2, 0.25) is 0 Å². The molecule has 1 atom stereocenters. The van der Waals surface area contributed by atoms with Crippen LogP contribution in [0.1, 0.15) is 36.1 Å². The first-order valence-corrected chi connectivity index (χ1v) is 7.30. The summed E-state index contributed by atoms with van der Waals surface area (Å²) >= 11 is 0. The highest BCUT2D eigenvalue weighted by Crippen LogP contribution is 2.40. The molecule has 1 unspecified atom stereocenters. The summed E-state index contributed by atoms with van der Waals surface area (Å²) in [5.41, 5.74) is 5.66. The topological polar surface area (TPSA) is 29.5 Å². The molecule has 0 saturated heterocycles. The van der Waals surface area contributed by atoms with E-state index in [1.165, 1.54) is 11.1 Å². The lowest BCUT2D eigenvalue weighted by molar-refractivity contribution is 0.237. The Morgan fingerprint density at radius 3 is 2.52 bits per heavy atom. The maximum absolute atomic E-state index is 10.8. The van der Waals surface area contributed by atoms with E-state index < -0.39 is 6.10 Å². The number of methoxy groups -OCH3 is 1. The average Bonchev–Trinajstić information content (AvgIpc) is 2.54. The highest BCUT2D eigenvalue weighted by atomic mass is 16.5. The van der Waals surface area contributed by atoms with Crippen molar-refractivity contribution in [3.8, 4) is 5.75 Å². The average molecular weight is 280 g/mol. The second kappa shape index (κ2) is 5.74. The number of aliphatic hydroxyl groups is 1. The minimum atomic E-state index is -0.571. The number of allylic oxidation sites excluding steroid dienone is 1. The molecule has 0 amide bonds. The van der Waals surface area contributed by atoms with Crippen molar-refractivity contribution in [2.45, 2.75) is 25.9 Å². The number of ether oxygens (including phenoxy) is 1. The Balaban J connectivity index is 2.06. The molecule has 0 heterocycles. The van der Waals surface area contributed by atoms with Crippen molar-refractivity contribution in [3.05, 3.63) is 70.8 Å². The van der Waals surface area contributed by atoms with Crippen LogP contribution in [0.4, 0.5) is 0 Å². The predicted molar refractivity (Wildman–Crippen MR) is 85.3 cm³/mol. The van der Waals surface area contributed by atoms with Gasteiger partial charge in [-0.3, -0.25) is 0 Å². The van der Waals surface area contributed by atoms with E-state index in [2.05, 4.69) is 19.1 Å². The molecule has 0 spiro atoms. The van der Waals surface area contributed by atoms with Crippen molar-refractivity contribution in [3.63, 3.8) is 0 Å². The summed E-state index contributed by atoms with van der Waals surface area (Å²) in [6.07, 6.45) is 1.42. The van der Waals surface area contributed by atoms with Gasteiger partial charge in [-0.25, -0.2) is 0 Å². The normalized spacial score (nSPS) is 15.6. The Hall–Kier alpha value is -2.06.